The fourth-order valence-electron chi connectivity index (χ4n) is 3.38. The number of benzene rings is 1. The van der Waals surface area contributed by atoms with Crippen molar-refractivity contribution in [2.75, 3.05) is 13.1 Å². The van der Waals surface area contributed by atoms with Crippen LogP contribution in [-0.2, 0) is 0 Å². The Hall–Kier alpha value is -3.13. The first-order valence-corrected chi connectivity index (χ1v) is 8.54. The molecule has 124 valence electrons. The molecule has 0 spiro atoms. The number of nitrogens with zero attached hydrogens (tertiary/aromatic N) is 4. The number of hydrogen-bond donors (Lipinski definition) is 0. The molecule has 4 rings (SSSR count). The molecule has 1 saturated heterocycles. The van der Waals surface area contributed by atoms with E-state index in [0.29, 0.717) is 11.1 Å². The number of fused-ring (bicyclic) bond motifs is 1. The second-order valence-electron chi connectivity index (χ2n) is 6.31. The van der Waals surface area contributed by atoms with Crippen molar-refractivity contribution in [2.45, 2.75) is 19.3 Å². The number of carbonyl (C=O) groups is 1. The molecule has 1 fully saturated rings. The quantitative estimate of drug-likeness (QED) is 0.722. The molecule has 5 heteroatoms. The monoisotopic (exact) mass is 330 g/mol. The third-order valence-corrected chi connectivity index (χ3v) is 4.73. The molecular formula is C20H18N4O. The summed E-state index contributed by atoms with van der Waals surface area (Å²) in [6, 6.07) is 15.4. The SMILES string of the molecule is N#Cc1ccc(-c2cccc3c(C(=O)N4CCCCC4)cnn23)cc1. The van der Waals surface area contributed by atoms with Crippen LogP contribution in [0.3, 0.4) is 0 Å². The lowest BCUT2D eigenvalue weighted by Crippen LogP contribution is -2.35. The van der Waals surface area contributed by atoms with Crippen molar-refractivity contribution in [1.82, 2.24) is 14.5 Å². The van der Waals surface area contributed by atoms with Crippen molar-refractivity contribution in [3.63, 3.8) is 0 Å². The molecule has 25 heavy (non-hydrogen) atoms. The van der Waals surface area contributed by atoms with Crippen molar-refractivity contribution in [3.05, 3.63) is 59.8 Å². The van der Waals surface area contributed by atoms with Crippen LogP contribution in [0, 0.1) is 11.3 Å². The third-order valence-electron chi connectivity index (χ3n) is 4.73. The van der Waals surface area contributed by atoms with Crippen molar-refractivity contribution in [1.29, 1.82) is 5.26 Å². The first-order valence-electron chi connectivity index (χ1n) is 8.54. The molecule has 0 N–H and O–H groups in total. The van der Waals surface area contributed by atoms with Crippen LogP contribution >= 0.6 is 0 Å². The summed E-state index contributed by atoms with van der Waals surface area (Å²) in [6.45, 7) is 1.65. The number of amides is 1. The largest absolute Gasteiger partial charge is 0.339 e. The highest BCUT2D eigenvalue weighted by Gasteiger charge is 2.22. The van der Waals surface area contributed by atoms with E-state index >= 15 is 0 Å². The Balaban J connectivity index is 1.75. The van der Waals surface area contributed by atoms with Gasteiger partial charge in [-0.3, -0.25) is 4.79 Å². The normalized spacial score (nSPS) is 14.4. The van der Waals surface area contributed by atoms with Gasteiger partial charge >= 0.3 is 0 Å². The lowest BCUT2D eigenvalue weighted by atomic mass is 10.1. The fourth-order valence-corrected chi connectivity index (χ4v) is 3.38. The zero-order chi connectivity index (χ0) is 17.2. The molecule has 0 unspecified atom stereocenters. The summed E-state index contributed by atoms with van der Waals surface area (Å²) in [5.74, 6) is 0.0617. The molecule has 1 aromatic carbocycles. The maximum Gasteiger partial charge on any atom is 0.257 e. The first kappa shape index (κ1) is 15.4. The number of nitriles is 1. The third kappa shape index (κ3) is 2.76. The van der Waals surface area contributed by atoms with Gasteiger partial charge in [0, 0.05) is 18.7 Å². The van der Waals surface area contributed by atoms with Gasteiger partial charge in [-0.25, -0.2) is 4.52 Å². The van der Waals surface area contributed by atoms with E-state index in [1.165, 1.54) is 6.42 Å². The molecule has 0 radical (unpaired) electrons. The van der Waals surface area contributed by atoms with E-state index in [-0.39, 0.29) is 5.91 Å². The second kappa shape index (κ2) is 6.40. The number of aromatic nitrogens is 2. The highest BCUT2D eigenvalue weighted by Crippen LogP contribution is 2.24. The lowest BCUT2D eigenvalue weighted by molar-refractivity contribution is 0.0726. The topological polar surface area (TPSA) is 61.4 Å². The molecule has 0 aliphatic carbocycles. The van der Waals surface area contributed by atoms with Crippen LogP contribution in [0.4, 0.5) is 0 Å². The van der Waals surface area contributed by atoms with Crippen LogP contribution in [0.25, 0.3) is 16.8 Å². The van der Waals surface area contributed by atoms with Crippen molar-refractivity contribution < 1.29 is 4.79 Å². The molecule has 0 saturated carbocycles. The minimum absolute atomic E-state index is 0.0617. The Morgan fingerprint density at radius 3 is 2.52 bits per heavy atom. The molecule has 0 atom stereocenters. The summed E-state index contributed by atoms with van der Waals surface area (Å²) < 4.78 is 1.80. The van der Waals surface area contributed by atoms with E-state index in [1.54, 1.807) is 22.8 Å². The van der Waals surface area contributed by atoms with Gasteiger partial charge in [0.05, 0.1) is 34.6 Å². The van der Waals surface area contributed by atoms with Gasteiger partial charge in [0.2, 0.25) is 0 Å². The van der Waals surface area contributed by atoms with Gasteiger partial charge in [-0.1, -0.05) is 18.2 Å². The van der Waals surface area contributed by atoms with E-state index in [1.807, 2.05) is 35.2 Å². The summed E-state index contributed by atoms with van der Waals surface area (Å²) in [6.07, 6.45) is 5.00. The maximum absolute atomic E-state index is 12.8. The van der Waals surface area contributed by atoms with Crippen LogP contribution in [0.5, 0.6) is 0 Å². The Bertz CT molecular complexity index is 960. The molecule has 5 nitrogen and oxygen atoms in total. The Morgan fingerprint density at radius 2 is 1.80 bits per heavy atom. The van der Waals surface area contributed by atoms with Crippen LogP contribution in [0.2, 0.25) is 0 Å². The smallest absolute Gasteiger partial charge is 0.257 e. The molecule has 1 aliphatic rings. The first-order chi connectivity index (χ1) is 12.3. The maximum atomic E-state index is 12.8. The zero-order valence-electron chi connectivity index (χ0n) is 13.9. The molecule has 1 amide bonds. The summed E-state index contributed by atoms with van der Waals surface area (Å²) in [7, 11) is 0. The van der Waals surface area contributed by atoms with Crippen LogP contribution < -0.4 is 0 Å². The van der Waals surface area contributed by atoms with Gasteiger partial charge in [0.15, 0.2) is 0 Å². The predicted molar refractivity (Wildman–Crippen MR) is 95.1 cm³/mol. The molecular weight excluding hydrogens is 312 g/mol. The Morgan fingerprint density at radius 1 is 1.04 bits per heavy atom. The number of pyridine rings is 1. The molecule has 3 heterocycles. The van der Waals surface area contributed by atoms with Crippen molar-refractivity contribution in [2.24, 2.45) is 0 Å². The van der Waals surface area contributed by atoms with Gasteiger partial charge in [-0.2, -0.15) is 10.4 Å². The van der Waals surface area contributed by atoms with E-state index < -0.39 is 0 Å². The second-order valence-corrected chi connectivity index (χ2v) is 6.31. The zero-order valence-corrected chi connectivity index (χ0v) is 13.9. The minimum atomic E-state index is 0.0617. The van der Waals surface area contributed by atoms with E-state index in [4.69, 9.17) is 5.26 Å². The Kier molecular flexibility index (Phi) is 3.95. The lowest BCUT2D eigenvalue weighted by Gasteiger charge is -2.26. The number of hydrogen-bond acceptors (Lipinski definition) is 3. The summed E-state index contributed by atoms with van der Waals surface area (Å²) in [4.78, 5) is 14.8. The van der Waals surface area contributed by atoms with Crippen molar-refractivity contribution in [3.8, 4) is 17.3 Å². The number of carbonyl (C=O) groups excluding carboxylic acids is 1. The van der Waals surface area contributed by atoms with Crippen LogP contribution in [0.1, 0.15) is 35.2 Å². The Labute approximate surface area is 146 Å². The van der Waals surface area contributed by atoms with Gasteiger partial charge < -0.3 is 4.90 Å². The van der Waals surface area contributed by atoms with E-state index in [2.05, 4.69) is 11.2 Å². The van der Waals surface area contributed by atoms with Gasteiger partial charge in [0.25, 0.3) is 5.91 Å². The number of piperidine rings is 1. The fraction of sp³-hybridized carbons (Fsp3) is 0.250. The summed E-state index contributed by atoms with van der Waals surface area (Å²) in [5.41, 5.74) is 3.96. The molecule has 1 aliphatic heterocycles. The van der Waals surface area contributed by atoms with Gasteiger partial charge in [-0.15, -0.1) is 0 Å². The van der Waals surface area contributed by atoms with Crippen LogP contribution in [-0.4, -0.2) is 33.5 Å². The predicted octanol–water partition coefficient (Wildman–Crippen LogP) is 3.50. The summed E-state index contributed by atoms with van der Waals surface area (Å²) in [5, 5.41) is 13.4. The minimum Gasteiger partial charge on any atom is -0.339 e. The average molecular weight is 330 g/mol. The highest BCUT2D eigenvalue weighted by atomic mass is 16.2. The van der Waals surface area contributed by atoms with Gasteiger partial charge in [-0.05, 0) is 43.5 Å². The number of likely N-dealkylation sites (tertiary alicyclic amines) is 1. The van der Waals surface area contributed by atoms with E-state index in [0.717, 1.165) is 42.7 Å². The van der Waals surface area contributed by atoms with Crippen LogP contribution in [0.15, 0.2) is 48.7 Å². The average Bonchev–Trinajstić information content (AvgIpc) is 3.12. The highest BCUT2D eigenvalue weighted by molar-refractivity contribution is 6.01. The van der Waals surface area contributed by atoms with Crippen molar-refractivity contribution >= 4 is 11.4 Å². The number of rotatable bonds is 2. The molecule has 0 bridgehead atoms. The standard InChI is InChI=1S/C20H18N4O/c21-13-15-7-9-16(10-8-15)18-5-4-6-19-17(14-22-24(18)19)20(25)23-11-2-1-3-12-23/h4-10,14H,1-3,11-12H2. The van der Waals surface area contributed by atoms with Gasteiger partial charge in [0.1, 0.15) is 0 Å². The molecule has 2 aromatic heterocycles. The van der Waals surface area contributed by atoms with E-state index in [9.17, 15) is 4.79 Å². The molecule has 3 aromatic rings. The summed E-state index contributed by atoms with van der Waals surface area (Å²) >= 11 is 0.